The summed E-state index contributed by atoms with van der Waals surface area (Å²) in [7, 11) is -4.23. The Kier molecular flexibility index (Phi) is 5.71. The van der Waals surface area contributed by atoms with Crippen molar-refractivity contribution in [2.24, 2.45) is 23.7 Å². The summed E-state index contributed by atoms with van der Waals surface area (Å²) in [6.07, 6.45) is 9.63. The van der Waals surface area contributed by atoms with Gasteiger partial charge in [0.05, 0.1) is 17.1 Å². The van der Waals surface area contributed by atoms with E-state index in [1.807, 2.05) is 0 Å². The molecule has 4 saturated carbocycles. The molecule has 8 heteroatoms. The summed E-state index contributed by atoms with van der Waals surface area (Å²) >= 11 is 0. The van der Waals surface area contributed by atoms with Crippen molar-refractivity contribution in [1.82, 2.24) is 0 Å². The third-order valence-electron chi connectivity index (χ3n) is 7.29. The molecule has 0 heterocycles. The lowest BCUT2D eigenvalue weighted by Gasteiger charge is -2.59. The molecule has 0 spiro atoms. The maximum absolute atomic E-state index is 12.9. The number of hydrogen-bond acceptors (Lipinski definition) is 6. The van der Waals surface area contributed by atoms with Crippen molar-refractivity contribution < 1.29 is 32.0 Å². The van der Waals surface area contributed by atoms with Gasteiger partial charge < -0.3 is 9.47 Å². The van der Waals surface area contributed by atoms with E-state index < -0.39 is 45.1 Å². The quantitative estimate of drug-likeness (QED) is 0.544. The van der Waals surface area contributed by atoms with E-state index in [4.69, 9.17) is 9.47 Å². The summed E-state index contributed by atoms with van der Waals surface area (Å²) in [5, 5.41) is -0.972. The lowest BCUT2D eigenvalue weighted by molar-refractivity contribution is -0.201. The number of ether oxygens (including phenoxy) is 2. The van der Waals surface area contributed by atoms with Gasteiger partial charge in [0, 0.05) is 0 Å². The van der Waals surface area contributed by atoms with Crippen LogP contribution >= 0.6 is 0 Å². The van der Waals surface area contributed by atoms with Crippen LogP contribution in [0.25, 0.3) is 0 Å². The summed E-state index contributed by atoms with van der Waals surface area (Å²) in [6.45, 7) is 0. The number of rotatable bonds is 5. The third-order valence-corrected chi connectivity index (χ3v) is 8.56. The summed E-state index contributed by atoms with van der Waals surface area (Å²) in [5.74, 6) is -3.09. The number of carbonyl (C=O) groups excluding carboxylic acids is 2. The molecule has 0 aromatic rings. The van der Waals surface area contributed by atoms with Gasteiger partial charge >= 0.3 is 11.9 Å². The summed E-state index contributed by atoms with van der Waals surface area (Å²) in [4.78, 5) is 25.7. The van der Waals surface area contributed by atoms with Crippen LogP contribution in [-0.4, -0.2) is 42.4 Å². The smallest absolute Gasteiger partial charge is 0.310 e. The van der Waals surface area contributed by atoms with Gasteiger partial charge in [-0.15, -0.1) is 0 Å². The predicted molar refractivity (Wildman–Crippen MR) is 99.8 cm³/mol. The topological polar surface area (TPSA) is 107 Å². The van der Waals surface area contributed by atoms with Gasteiger partial charge in [0.1, 0.15) is 12.2 Å². The molecule has 4 rings (SSSR count). The van der Waals surface area contributed by atoms with E-state index in [-0.39, 0.29) is 24.5 Å². The maximum Gasteiger partial charge on any atom is 0.310 e. The fourth-order valence-electron chi connectivity index (χ4n) is 5.70. The number of hydrogen-bond donors (Lipinski definition) is 1. The number of esters is 2. The fourth-order valence-corrected chi connectivity index (χ4v) is 6.94. The van der Waals surface area contributed by atoms with Gasteiger partial charge in [-0.05, 0) is 69.6 Å². The Hall–Kier alpha value is -1.15. The first-order valence-corrected chi connectivity index (χ1v) is 12.2. The standard InChI is InChI=1S/C20H30O7S/c21-19(26-12-7-3-1-4-8-12)17-14-11-15(28(23,24)25)16(14)18(17)20(22)27-13-9-5-2-6-10-13/h12-18H,1-11H2,(H,23,24,25). The molecule has 0 aromatic heterocycles. The molecule has 4 aliphatic rings. The molecule has 5 atom stereocenters. The van der Waals surface area contributed by atoms with Gasteiger partial charge in [-0.3, -0.25) is 14.1 Å². The monoisotopic (exact) mass is 414 g/mol. The Morgan fingerprint density at radius 3 is 1.68 bits per heavy atom. The van der Waals surface area contributed by atoms with Gasteiger partial charge in [0.15, 0.2) is 0 Å². The van der Waals surface area contributed by atoms with Crippen LogP contribution in [0.15, 0.2) is 0 Å². The molecular weight excluding hydrogens is 384 g/mol. The van der Waals surface area contributed by atoms with E-state index in [2.05, 4.69) is 0 Å². The first kappa shape index (κ1) is 20.1. The molecule has 0 saturated heterocycles. The molecule has 1 N–H and O–H groups in total. The van der Waals surface area contributed by atoms with Crippen molar-refractivity contribution in [2.45, 2.75) is 88.1 Å². The molecule has 0 aromatic carbocycles. The van der Waals surface area contributed by atoms with Crippen molar-refractivity contribution in [1.29, 1.82) is 0 Å². The maximum atomic E-state index is 12.9. The Labute approximate surface area is 166 Å². The van der Waals surface area contributed by atoms with E-state index in [1.165, 1.54) is 0 Å². The van der Waals surface area contributed by atoms with E-state index in [9.17, 15) is 22.6 Å². The first-order chi connectivity index (χ1) is 13.4. The van der Waals surface area contributed by atoms with E-state index >= 15 is 0 Å². The zero-order chi connectivity index (χ0) is 19.9. The highest BCUT2D eigenvalue weighted by atomic mass is 32.2. The summed E-state index contributed by atoms with van der Waals surface area (Å²) < 4.78 is 44.1. The molecule has 0 amide bonds. The molecule has 4 aliphatic carbocycles. The van der Waals surface area contributed by atoms with Crippen LogP contribution < -0.4 is 0 Å². The van der Waals surface area contributed by atoms with Gasteiger partial charge in [0.2, 0.25) is 0 Å². The Balaban J connectivity index is 1.45. The SMILES string of the molecule is O=C(OC1CCCCC1)C1C2CC(S(=O)(=O)O)C2C1C(=O)OC1CCCCC1. The van der Waals surface area contributed by atoms with Crippen molar-refractivity contribution in [3.63, 3.8) is 0 Å². The Morgan fingerprint density at radius 2 is 1.21 bits per heavy atom. The molecule has 158 valence electrons. The second-order valence-corrected chi connectivity index (χ2v) is 10.6. The van der Waals surface area contributed by atoms with Crippen molar-refractivity contribution >= 4 is 22.1 Å². The lowest BCUT2D eigenvalue weighted by atomic mass is 9.46. The van der Waals surface area contributed by atoms with Gasteiger partial charge in [-0.2, -0.15) is 8.42 Å². The fraction of sp³-hybridized carbons (Fsp3) is 0.900. The molecule has 28 heavy (non-hydrogen) atoms. The van der Waals surface area contributed by atoms with Crippen LogP contribution in [0.1, 0.15) is 70.6 Å². The minimum absolute atomic E-state index is 0.104. The molecule has 0 radical (unpaired) electrons. The van der Waals surface area contributed by atoms with Crippen LogP contribution in [-0.2, 0) is 29.2 Å². The zero-order valence-corrected chi connectivity index (χ0v) is 16.9. The highest BCUT2D eigenvalue weighted by Gasteiger charge is 2.69. The van der Waals surface area contributed by atoms with Crippen LogP contribution in [0, 0.1) is 23.7 Å². The largest absolute Gasteiger partial charge is 0.462 e. The molecule has 4 fully saturated rings. The predicted octanol–water partition coefficient (Wildman–Crippen LogP) is 2.88. The van der Waals surface area contributed by atoms with E-state index in [0.29, 0.717) is 0 Å². The van der Waals surface area contributed by atoms with Gasteiger partial charge in [-0.1, -0.05) is 12.8 Å². The molecular formula is C20H30O7S. The lowest BCUT2D eigenvalue weighted by Crippen LogP contribution is -2.68. The number of carbonyl (C=O) groups is 2. The zero-order valence-electron chi connectivity index (χ0n) is 16.1. The van der Waals surface area contributed by atoms with Crippen molar-refractivity contribution in [3.8, 4) is 0 Å². The minimum Gasteiger partial charge on any atom is -0.462 e. The molecule has 0 aliphatic heterocycles. The normalized spacial score (nSPS) is 36.5. The molecule has 0 bridgehead atoms. The summed E-state index contributed by atoms with van der Waals surface area (Å²) in [6, 6.07) is 0. The molecule has 7 nitrogen and oxygen atoms in total. The second-order valence-electron chi connectivity index (χ2n) is 8.98. The highest BCUT2D eigenvalue weighted by Crippen LogP contribution is 2.61. The van der Waals surface area contributed by atoms with Crippen LogP contribution in [0.2, 0.25) is 0 Å². The minimum atomic E-state index is -4.23. The Bertz CT molecular complexity index is 706. The van der Waals surface area contributed by atoms with Crippen LogP contribution in [0.4, 0.5) is 0 Å². The Morgan fingerprint density at radius 1 is 0.750 bits per heavy atom. The average Bonchev–Trinajstić information content (AvgIpc) is 2.63. The van der Waals surface area contributed by atoms with Gasteiger partial charge in [0.25, 0.3) is 10.1 Å². The summed E-state index contributed by atoms with van der Waals surface area (Å²) in [5.41, 5.74) is 0. The highest BCUT2D eigenvalue weighted by molar-refractivity contribution is 7.86. The van der Waals surface area contributed by atoms with E-state index in [1.54, 1.807) is 0 Å². The van der Waals surface area contributed by atoms with Gasteiger partial charge in [-0.25, -0.2) is 0 Å². The molecule has 5 unspecified atom stereocenters. The van der Waals surface area contributed by atoms with Crippen LogP contribution in [0.3, 0.4) is 0 Å². The third kappa shape index (κ3) is 3.82. The van der Waals surface area contributed by atoms with Crippen molar-refractivity contribution in [3.05, 3.63) is 0 Å². The first-order valence-electron chi connectivity index (χ1n) is 10.7. The van der Waals surface area contributed by atoms with E-state index in [0.717, 1.165) is 64.2 Å². The van der Waals surface area contributed by atoms with Crippen molar-refractivity contribution in [2.75, 3.05) is 0 Å². The average molecular weight is 415 g/mol. The second kappa shape index (κ2) is 7.94. The van der Waals surface area contributed by atoms with Crippen LogP contribution in [0.5, 0.6) is 0 Å². The number of fused-ring (bicyclic) bond motifs is 1.